The molecule has 0 N–H and O–H groups in total. The first-order valence-corrected chi connectivity index (χ1v) is 4.54. The van der Waals surface area contributed by atoms with Gasteiger partial charge in [0.05, 0.1) is 0 Å². The largest absolute Gasteiger partial charge is 0.313 e. The summed E-state index contributed by atoms with van der Waals surface area (Å²) in [7, 11) is 3.03. The van der Waals surface area contributed by atoms with Crippen molar-refractivity contribution in [3.63, 3.8) is 0 Å². The summed E-state index contributed by atoms with van der Waals surface area (Å²) in [6.45, 7) is 0. The van der Waals surface area contributed by atoms with Crippen molar-refractivity contribution in [3.8, 4) is 0 Å². The molecule has 0 amide bonds. The summed E-state index contributed by atoms with van der Waals surface area (Å²) in [5.41, 5.74) is 0. The van der Waals surface area contributed by atoms with Crippen LogP contribution in [0.5, 0.6) is 0 Å². The fraction of sp³-hybridized carbons (Fsp3) is 1.00. The minimum atomic E-state index is -1.89. The van der Waals surface area contributed by atoms with Gasteiger partial charge in [-0.1, -0.05) is 0 Å². The summed E-state index contributed by atoms with van der Waals surface area (Å²) >= 11 is 0. The van der Waals surface area contributed by atoms with Gasteiger partial charge >= 0.3 is 0 Å². The Kier molecular flexibility index (Phi) is 1.61. The van der Waals surface area contributed by atoms with Gasteiger partial charge in [-0.25, -0.2) is 0 Å². The van der Waals surface area contributed by atoms with Crippen molar-refractivity contribution in [3.05, 3.63) is 0 Å². The lowest BCUT2D eigenvalue weighted by molar-refractivity contribution is 0.682. The van der Waals surface area contributed by atoms with Crippen LogP contribution in [0.4, 0.5) is 0 Å². The average molecular weight is 129 g/mol. The Bertz CT molecular complexity index is 170. The second-order valence-corrected chi connectivity index (χ2v) is 4.57. The Hall–Kier alpha value is 0.0149. The molecule has 0 spiro atoms. The highest BCUT2D eigenvalue weighted by molar-refractivity contribution is 7.94. The standard InChI is InChI=1S/C4H8BNOS/c5-6-8(7)3-1-2-4-8/h1-4H2. The molecule has 0 saturated carbocycles. The molecule has 4 heteroatoms. The van der Waals surface area contributed by atoms with Crippen LogP contribution in [0.25, 0.3) is 0 Å². The van der Waals surface area contributed by atoms with E-state index in [0.717, 1.165) is 12.8 Å². The zero-order valence-electron chi connectivity index (χ0n) is 4.67. The molecule has 0 aromatic carbocycles. The van der Waals surface area contributed by atoms with E-state index in [9.17, 15) is 4.21 Å². The molecule has 0 bridgehead atoms. The molecule has 1 fully saturated rings. The van der Waals surface area contributed by atoms with Crippen molar-refractivity contribution in [2.24, 2.45) is 4.27 Å². The summed E-state index contributed by atoms with van der Waals surface area (Å²) in [5.74, 6) is 1.42. The van der Waals surface area contributed by atoms with E-state index in [1.54, 1.807) is 0 Å². The number of rotatable bonds is 0. The lowest BCUT2D eigenvalue weighted by Gasteiger charge is -1.93. The van der Waals surface area contributed by atoms with Gasteiger partial charge in [-0.2, -0.15) is 0 Å². The predicted octanol–water partition coefficient (Wildman–Crippen LogP) is 0.332. The minimum Gasteiger partial charge on any atom is -0.313 e. The molecular formula is C4H8BNOS. The molecule has 2 radical (unpaired) electrons. The molecule has 0 aromatic rings. The van der Waals surface area contributed by atoms with Gasteiger partial charge in [-0.3, -0.25) is 4.21 Å². The lowest BCUT2D eigenvalue weighted by atomic mass is 10.4. The zero-order chi connectivity index (χ0) is 6.04. The van der Waals surface area contributed by atoms with Crippen LogP contribution in [0.1, 0.15) is 12.8 Å². The van der Waals surface area contributed by atoms with Crippen LogP contribution >= 0.6 is 0 Å². The Balaban J connectivity index is 2.84. The zero-order valence-corrected chi connectivity index (χ0v) is 5.49. The van der Waals surface area contributed by atoms with Crippen molar-refractivity contribution < 1.29 is 4.21 Å². The molecule has 1 saturated heterocycles. The highest BCUT2D eigenvalue weighted by Crippen LogP contribution is 2.11. The normalized spacial score (nSPS) is 25.5. The molecule has 0 aliphatic carbocycles. The predicted molar refractivity (Wildman–Crippen MR) is 35.3 cm³/mol. The topological polar surface area (TPSA) is 29.4 Å². The van der Waals surface area contributed by atoms with Crippen LogP contribution in [0.2, 0.25) is 0 Å². The van der Waals surface area contributed by atoms with Crippen LogP contribution in [0.15, 0.2) is 4.27 Å². The Morgan fingerprint density at radius 3 is 2.12 bits per heavy atom. The second kappa shape index (κ2) is 2.09. The molecule has 0 unspecified atom stereocenters. The number of hydrogen-bond acceptors (Lipinski definition) is 2. The van der Waals surface area contributed by atoms with Crippen LogP contribution in [-0.4, -0.2) is 23.7 Å². The van der Waals surface area contributed by atoms with E-state index in [1.807, 2.05) is 0 Å². The number of nitrogens with zero attached hydrogens (tertiary/aromatic N) is 1. The van der Waals surface area contributed by atoms with E-state index in [0.29, 0.717) is 11.5 Å². The summed E-state index contributed by atoms with van der Waals surface area (Å²) in [5, 5.41) is 0. The molecule has 1 aliphatic heterocycles. The maximum Gasteiger partial charge on any atom is 0.273 e. The van der Waals surface area contributed by atoms with Gasteiger partial charge in [-0.15, -0.1) is 0 Å². The fourth-order valence-corrected chi connectivity index (χ4v) is 2.59. The van der Waals surface area contributed by atoms with Crippen LogP contribution in [0, 0.1) is 0 Å². The van der Waals surface area contributed by atoms with Crippen molar-refractivity contribution in [2.75, 3.05) is 11.5 Å². The quantitative estimate of drug-likeness (QED) is 0.433. The first-order valence-electron chi connectivity index (χ1n) is 2.68. The van der Waals surface area contributed by atoms with Gasteiger partial charge in [0.15, 0.2) is 0 Å². The minimum absolute atomic E-state index is 0.712. The second-order valence-electron chi connectivity index (χ2n) is 1.99. The molecule has 44 valence electrons. The lowest BCUT2D eigenvalue weighted by Crippen LogP contribution is -1.99. The molecular weight excluding hydrogens is 121 g/mol. The van der Waals surface area contributed by atoms with Gasteiger partial charge in [-0.05, 0) is 12.8 Å². The van der Waals surface area contributed by atoms with Gasteiger partial charge in [0, 0.05) is 21.2 Å². The van der Waals surface area contributed by atoms with E-state index in [-0.39, 0.29) is 0 Å². The van der Waals surface area contributed by atoms with Crippen molar-refractivity contribution >= 4 is 17.7 Å². The first kappa shape index (κ1) is 6.14. The van der Waals surface area contributed by atoms with Crippen molar-refractivity contribution in [2.45, 2.75) is 12.8 Å². The number of hydrogen-bond donors (Lipinski definition) is 0. The molecule has 0 aromatic heterocycles. The van der Waals surface area contributed by atoms with E-state index in [1.165, 1.54) is 0 Å². The molecule has 0 atom stereocenters. The van der Waals surface area contributed by atoms with E-state index in [4.69, 9.17) is 7.98 Å². The van der Waals surface area contributed by atoms with Crippen LogP contribution < -0.4 is 0 Å². The molecule has 8 heavy (non-hydrogen) atoms. The molecule has 1 rings (SSSR count). The third kappa shape index (κ3) is 1.05. The molecule has 2 nitrogen and oxygen atoms in total. The van der Waals surface area contributed by atoms with Crippen LogP contribution in [-0.2, 0) is 9.73 Å². The van der Waals surface area contributed by atoms with Gasteiger partial charge in [0.25, 0.3) is 7.98 Å². The maximum atomic E-state index is 11.1. The van der Waals surface area contributed by atoms with Gasteiger partial charge < -0.3 is 4.27 Å². The summed E-state index contributed by atoms with van der Waals surface area (Å²) in [6.07, 6.45) is 2.05. The fourth-order valence-electron chi connectivity index (χ4n) is 0.863. The van der Waals surface area contributed by atoms with Crippen molar-refractivity contribution in [1.82, 2.24) is 0 Å². The Labute approximate surface area is 51.3 Å². The van der Waals surface area contributed by atoms with E-state index < -0.39 is 9.73 Å². The third-order valence-corrected chi connectivity index (χ3v) is 3.61. The summed E-state index contributed by atoms with van der Waals surface area (Å²) < 4.78 is 14.4. The third-order valence-electron chi connectivity index (χ3n) is 1.37. The molecule has 1 aliphatic rings. The monoisotopic (exact) mass is 129 g/mol. The van der Waals surface area contributed by atoms with Crippen LogP contribution in [0.3, 0.4) is 0 Å². The molecule has 1 heterocycles. The first-order chi connectivity index (χ1) is 3.77. The average Bonchev–Trinajstić information content (AvgIpc) is 2.17. The van der Waals surface area contributed by atoms with E-state index >= 15 is 0 Å². The van der Waals surface area contributed by atoms with E-state index in [2.05, 4.69) is 4.27 Å². The Morgan fingerprint density at radius 1 is 1.38 bits per heavy atom. The highest BCUT2D eigenvalue weighted by Gasteiger charge is 2.13. The van der Waals surface area contributed by atoms with Crippen molar-refractivity contribution in [1.29, 1.82) is 0 Å². The smallest absolute Gasteiger partial charge is 0.273 e. The Morgan fingerprint density at radius 2 is 1.88 bits per heavy atom. The SMILES string of the molecule is [B]N=S1(=O)CCCC1. The van der Waals surface area contributed by atoms with Gasteiger partial charge in [0.2, 0.25) is 0 Å². The maximum absolute atomic E-state index is 11.1. The highest BCUT2D eigenvalue weighted by atomic mass is 32.2. The summed E-state index contributed by atoms with van der Waals surface area (Å²) in [4.78, 5) is 0. The van der Waals surface area contributed by atoms with Gasteiger partial charge in [0.1, 0.15) is 0 Å². The summed E-state index contributed by atoms with van der Waals surface area (Å²) in [6, 6.07) is 0.